The van der Waals surface area contributed by atoms with Gasteiger partial charge in [0.05, 0.1) is 19.8 Å². The van der Waals surface area contributed by atoms with Crippen molar-refractivity contribution in [3.63, 3.8) is 0 Å². The molecule has 0 aromatic heterocycles. The number of carbonyl (C=O) groups is 1. The molecule has 0 saturated carbocycles. The van der Waals surface area contributed by atoms with Crippen molar-refractivity contribution in [2.45, 2.75) is 33.2 Å². The number of rotatable bonds is 9. The van der Waals surface area contributed by atoms with E-state index in [4.69, 9.17) is 4.74 Å². The molecule has 0 radical (unpaired) electrons. The van der Waals surface area contributed by atoms with Crippen LogP contribution in [0.2, 0.25) is 0 Å². The highest BCUT2D eigenvalue weighted by Gasteiger charge is 2.02. The van der Waals surface area contributed by atoms with Crippen molar-refractivity contribution in [3.05, 3.63) is 12.2 Å². The molecular weight excluding hydrogens is 204 g/mol. The van der Waals surface area contributed by atoms with Crippen molar-refractivity contribution >= 4 is 5.91 Å². The molecule has 0 saturated heterocycles. The van der Waals surface area contributed by atoms with E-state index in [9.17, 15) is 4.79 Å². The zero-order valence-electron chi connectivity index (χ0n) is 10.6. The van der Waals surface area contributed by atoms with Gasteiger partial charge in [-0.3, -0.25) is 4.79 Å². The lowest BCUT2D eigenvalue weighted by Gasteiger charge is -2.11. The average molecular weight is 228 g/mol. The summed E-state index contributed by atoms with van der Waals surface area (Å²) in [5.41, 5.74) is 0.991. The fraction of sp³-hybridized carbons (Fsp3) is 0.750. The molecule has 2 N–H and O–H groups in total. The standard InChI is InChI=1S/C12H24N2O2/c1-5-11(4)14-8-12(15)13-6-7-16-9-10(2)3/h11,14H,2,5-9H2,1,3-4H3,(H,13,15). The molecule has 0 aromatic carbocycles. The number of hydrogen-bond donors (Lipinski definition) is 2. The van der Waals surface area contributed by atoms with E-state index in [-0.39, 0.29) is 5.91 Å². The van der Waals surface area contributed by atoms with Crippen LogP contribution in [-0.2, 0) is 9.53 Å². The number of hydrogen-bond acceptors (Lipinski definition) is 3. The van der Waals surface area contributed by atoms with E-state index in [1.807, 2.05) is 6.92 Å². The molecule has 0 aromatic rings. The van der Waals surface area contributed by atoms with Gasteiger partial charge in [-0.15, -0.1) is 0 Å². The summed E-state index contributed by atoms with van der Waals surface area (Å²) in [7, 11) is 0. The van der Waals surface area contributed by atoms with E-state index < -0.39 is 0 Å². The lowest BCUT2D eigenvalue weighted by Crippen LogP contribution is -2.38. The summed E-state index contributed by atoms with van der Waals surface area (Å²) in [6.07, 6.45) is 1.02. The Kier molecular flexibility index (Phi) is 8.85. The maximum absolute atomic E-state index is 11.3. The van der Waals surface area contributed by atoms with E-state index in [0.29, 0.717) is 32.3 Å². The minimum absolute atomic E-state index is 0.0132. The van der Waals surface area contributed by atoms with Crippen molar-refractivity contribution < 1.29 is 9.53 Å². The second-order valence-corrected chi connectivity index (χ2v) is 4.05. The summed E-state index contributed by atoms with van der Waals surface area (Å²) in [5, 5.41) is 5.90. The molecule has 0 rings (SSSR count). The van der Waals surface area contributed by atoms with Crippen molar-refractivity contribution in [2.75, 3.05) is 26.3 Å². The van der Waals surface area contributed by atoms with Crippen LogP contribution in [0.1, 0.15) is 27.2 Å². The van der Waals surface area contributed by atoms with Crippen molar-refractivity contribution in [1.82, 2.24) is 10.6 Å². The molecule has 0 bridgehead atoms. The van der Waals surface area contributed by atoms with Crippen LogP contribution in [0.25, 0.3) is 0 Å². The Morgan fingerprint density at radius 2 is 2.19 bits per heavy atom. The van der Waals surface area contributed by atoms with Gasteiger partial charge >= 0.3 is 0 Å². The molecule has 0 aliphatic heterocycles. The quantitative estimate of drug-likeness (QED) is 0.459. The second kappa shape index (κ2) is 9.36. The van der Waals surface area contributed by atoms with Crippen LogP contribution in [0.4, 0.5) is 0 Å². The van der Waals surface area contributed by atoms with Crippen LogP contribution in [0.3, 0.4) is 0 Å². The molecule has 1 unspecified atom stereocenters. The molecule has 0 aliphatic carbocycles. The van der Waals surface area contributed by atoms with E-state index in [1.165, 1.54) is 0 Å². The smallest absolute Gasteiger partial charge is 0.234 e. The molecule has 1 atom stereocenters. The second-order valence-electron chi connectivity index (χ2n) is 4.05. The molecular formula is C12H24N2O2. The number of carbonyl (C=O) groups excluding carboxylic acids is 1. The third-order valence-corrected chi connectivity index (χ3v) is 2.14. The molecule has 0 fully saturated rings. The summed E-state index contributed by atoms with van der Waals surface area (Å²) in [6, 6.07) is 0.380. The molecule has 16 heavy (non-hydrogen) atoms. The predicted octanol–water partition coefficient (Wildman–Crippen LogP) is 1.08. The Balaban J connectivity index is 3.33. The summed E-state index contributed by atoms with van der Waals surface area (Å²) in [5.74, 6) is 0.0132. The van der Waals surface area contributed by atoms with Gasteiger partial charge in [0, 0.05) is 12.6 Å². The van der Waals surface area contributed by atoms with Gasteiger partial charge in [-0.1, -0.05) is 19.1 Å². The molecule has 94 valence electrons. The normalized spacial score (nSPS) is 12.2. The van der Waals surface area contributed by atoms with Gasteiger partial charge in [-0.05, 0) is 20.3 Å². The van der Waals surface area contributed by atoms with Crippen LogP contribution >= 0.6 is 0 Å². The first-order valence-electron chi connectivity index (χ1n) is 5.78. The highest BCUT2D eigenvalue weighted by atomic mass is 16.5. The summed E-state index contributed by atoms with van der Waals surface area (Å²) < 4.78 is 5.26. The molecule has 4 nitrogen and oxygen atoms in total. The molecule has 0 aliphatic rings. The third kappa shape index (κ3) is 9.68. The van der Waals surface area contributed by atoms with E-state index in [1.54, 1.807) is 0 Å². The number of amides is 1. The molecule has 0 spiro atoms. The van der Waals surface area contributed by atoms with Crippen molar-refractivity contribution in [3.8, 4) is 0 Å². The van der Waals surface area contributed by atoms with E-state index >= 15 is 0 Å². The van der Waals surface area contributed by atoms with Gasteiger partial charge in [0.25, 0.3) is 0 Å². The van der Waals surface area contributed by atoms with Gasteiger partial charge < -0.3 is 15.4 Å². The molecule has 0 heterocycles. The first-order valence-corrected chi connectivity index (χ1v) is 5.78. The Morgan fingerprint density at radius 3 is 2.75 bits per heavy atom. The van der Waals surface area contributed by atoms with Gasteiger partial charge in [0.15, 0.2) is 0 Å². The van der Waals surface area contributed by atoms with Crippen LogP contribution < -0.4 is 10.6 Å². The fourth-order valence-corrected chi connectivity index (χ4v) is 0.983. The Bertz CT molecular complexity index is 217. The van der Waals surface area contributed by atoms with E-state index in [0.717, 1.165) is 12.0 Å². The Hall–Kier alpha value is -0.870. The van der Waals surface area contributed by atoms with Crippen LogP contribution in [-0.4, -0.2) is 38.3 Å². The molecule has 1 amide bonds. The van der Waals surface area contributed by atoms with E-state index in [2.05, 4.69) is 31.1 Å². The number of nitrogens with one attached hydrogen (secondary N) is 2. The Labute approximate surface area is 98.4 Å². The molecule has 4 heteroatoms. The highest BCUT2D eigenvalue weighted by Crippen LogP contribution is 1.87. The maximum atomic E-state index is 11.3. The number of ether oxygens (including phenoxy) is 1. The zero-order valence-corrected chi connectivity index (χ0v) is 10.6. The summed E-state index contributed by atoms with van der Waals surface area (Å²) in [4.78, 5) is 11.3. The van der Waals surface area contributed by atoms with Crippen LogP contribution in [0.15, 0.2) is 12.2 Å². The maximum Gasteiger partial charge on any atom is 0.234 e. The third-order valence-electron chi connectivity index (χ3n) is 2.14. The minimum atomic E-state index is 0.0132. The fourth-order valence-electron chi connectivity index (χ4n) is 0.983. The lowest BCUT2D eigenvalue weighted by molar-refractivity contribution is -0.120. The first kappa shape index (κ1) is 15.1. The lowest BCUT2D eigenvalue weighted by atomic mass is 10.2. The summed E-state index contributed by atoms with van der Waals surface area (Å²) in [6.45, 7) is 11.8. The van der Waals surface area contributed by atoms with Gasteiger partial charge in [0.2, 0.25) is 5.91 Å². The van der Waals surface area contributed by atoms with Gasteiger partial charge in [-0.25, -0.2) is 0 Å². The Morgan fingerprint density at radius 1 is 1.50 bits per heavy atom. The minimum Gasteiger partial charge on any atom is -0.375 e. The zero-order chi connectivity index (χ0) is 12.4. The first-order chi connectivity index (χ1) is 7.56. The van der Waals surface area contributed by atoms with Crippen LogP contribution in [0, 0.1) is 0 Å². The highest BCUT2D eigenvalue weighted by molar-refractivity contribution is 5.77. The largest absolute Gasteiger partial charge is 0.375 e. The average Bonchev–Trinajstić information content (AvgIpc) is 2.24. The predicted molar refractivity (Wildman–Crippen MR) is 66.4 cm³/mol. The SMILES string of the molecule is C=C(C)COCCNC(=O)CNC(C)CC. The van der Waals surface area contributed by atoms with Gasteiger partial charge in [0.1, 0.15) is 0 Å². The monoisotopic (exact) mass is 228 g/mol. The summed E-state index contributed by atoms with van der Waals surface area (Å²) >= 11 is 0. The van der Waals surface area contributed by atoms with Crippen molar-refractivity contribution in [1.29, 1.82) is 0 Å². The van der Waals surface area contributed by atoms with Crippen molar-refractivity contribution in [2.24, 2.45) is 0 Å². The topological polar surface area (TPSA) is 50.4 Å². The van der Waals surface area contributed by atoms with Crippen LogP contribution in [0.5, 0.6) is 0 Å². The van der Waals surface area contributed by atoms with Gasteiger partial charge in [-0.2, -0.15) is 0 Å².